The molecule has 2 heteroatoms. The molecule has 0 spiro atoms. The summed E-state index contributed by atoms with van der Waals surface area (Å²) in [5, 5.41) is 0. The lowest BCUT2D eigenvalue weighted by Gasteiger charge is -2.32. The van der Waals surface area contributed by atoms with Crippen LogP contribution in [-0.2, 0) is 25.7 Å². The molecule has 2 nitrogen and oxygen atoms in total. The fourth-order valence-corrected chi connectivity index (χ4v) is 11.6. The lowest BCUT2D eigenvalue weighted by Crippen LogP contribution is -2.18. The van der Waals surface area contributed by atoms with E-state index in [0.717, 1.165) is 60.2 Å². The summed E-state index contributed by atoms with van der Waals surface area (Å²) in [6.45, 7) is 9.14. The molecule has 0 amide bonds. The Labute approximate surface area is 342 Å². The third kappa shape index (κ3) is 16.6. The predicted octanol–water partition coefficient (Wildman–Crippen LogP) is 15.9. The number of rotatable bonds is 19. The van der Waals surface area contributed by atoms with E-state index in [9.17, 15) is 0 Å². The first kappa shape index (κ1) is 44.4. The Morgan fingerprint density at radius 3 is 0.927 bits per heavy atom. The number of hydrogen-bond acceptors (Lipinski definition) is 2. The molecule has 0 aliphatic heterocycles. The first-order valence-corrected chi connectivity index (χ1v) is 24.9. The molecule has 4 fully saturated rings. The third-order valence-electron chi connectivity index (χ3n) is 15.6. The van der Waals surface area contributed by atoms with Gasteiger partial charge in [-0.1, -0.05) is 200 Å². The molecular formula is C53H88N2. The minimum absolute atomic E-state index is 0.956. The van der Waals surface area contributed by atoms with Gasteiger partial charge in [-0.3, -0.25) is 9.97 Å². The summed E-state index contributed by atoms with van der Waals surface area (Å²) in [5.41, 5.74) is 5.36. The van der Waals surface area contributed by atoms with Gasteiger partial charge in [-0.15, -0.1) is 0 Å². The Morgan fingerprint density at radius 2 is 0.655 bits per heavy atom. The van der Waals surface area contributed by atoms with Crippen LogP contribution in [0.25, 0.3) is 0 Å². The number of aromatic nitrogens is 2. The van der Waals surface area contributed by atoms with Crippen LogP contribution in [0.3, 0.4) is 0 Å². The van der Waals surface area contributed by atoms with Crippen LogP contribution in [0.15, 0.2) is 36.7 Å². The summed E-state index contributed by atoms with van der Waals surface area (Å²) in [6, 6.07) is 9.07. The van der Waals surface area contributed by atoms with Crippen molar-refractivity contribution in [2.45, 2.75) is 227 Å². The van der Waals surface area contributed by atoms with Gasteiger partial charge in [-0.2, -0.15) is 0 Å². The van der Waals surface area contributed by atoms with Crippen LogP contribution in [0.4, 0.5) is 0 Å². The molecule has 4 saturated carbocycles. The van der Waals surface area contributed by atoms with Crippen molar-refractivity contribution in [2.75, 3.05) is 0 Å². The molecule has 0 N–H and O–H groups in total. The van der Waals surface area contributed by atoms with E-state index in [1.807, 2.05) is 0 Å². The van der Waals surface area contributed by atoms with Gasteiger partial charge in [-0.25, -0.2) is 0 Å². The summed E-state index contributed by atoms with van der Waals surface area (Å²) in [5.74, 6) is 8.24. The fraction of sp³-hybridized carbons (Fsp3) is 0.811. The third-order valence-corrected chi connectivity index (χ3v) is 15.6. The lowest BCUT2D eigenvalue weighted by molar-refractivity contribution is 0.209. The van der Waals surface area contributed by atoms with E-state index in [0.29, 0.717) is 0 Å². The highest BCUT2D eigenvalue weighted by atomic mass is 14.7. The van der Waals surface area contributed by atoms with Crippen LogP contribution < -0.4 is 0 Å². The Hall–Kier alpha value is -1.70. The second-order valence-corrected chi connectivity index (χ2v) is 19.8. The van der Waals surface area contributed by atoms with Crippen molar-refractivity contribution in [2.24, 2.45) is 47.3 Å². The quantitative estimate of drug-likeness (QED) is 0.143. The molecule has 310 valence electrons. The summed E-state index contributed by atoms with van der Waals surface area (Å²) in [7, 11) is 0. The zero-order valence-corrected chi connectivity index (χ0v) is 36.9. The molecule has 2 aromatic rings. The molecule has 0 unspecified atom stereocenters. The van der Waals surface area contributed by atoms with Gasteiger partial charge in [0, 0.05) is 23.8 Å². The number of nitrogens with zero attached hydrogens (tertiary/aromatic N) is 2. The zero-order valence-electron chi connectivity index (χ0n) is 36.9. The van der Waals surface area contributed by atoms with Crippen molar-refractivity contribution in [3.8, 4) is 0 Å². The molecule has 0 bridgehead atoms. The molecule has 0 radical (unpaired) electrons. The van der Waals surface area contributed by atoms with Gasteiger partial charge in [0.1, 0.15) is 0 Å². The van der Waals surface area contributed by atoms with E-state index >= 15 is 0 Å². The van der Waals surface area contributed by atoms with E-state index in [4.69, 9.17) is 4.98 Å². The Balaban J connectivity index is 0.000000211. The van der Waals surface area contributed by atoms with Crippen molar-refractivity contribution in [3.63, 3.8) is 0 Å². The van der Waals surface area contributed by atoms with Crippen molar-refractivity contribution in [1.82, 2.24) is 9.97 Å². The van der Waals surface area contributed by atoms with Crippen LogP contribution in [0.5, 0.6) is 0 Å². The molecule has 6 rings (SSSR count). The monoisotopic (exact) mass is 753 g/mol. The molecular weight excluding hydrogens is 665 g/mol. The molecule has 0 saturated heterocycles. The second kappa shape index (κ2) is 25.6. The Kier molecular flexibility index (Phi) is 20.7. The van der Waals surface area contributed by atoms with Crippen LogP contribution in [-0.4, -0.2) is 9.97 Å². The average molecular weight is 753 g/mol. The molecule has 55 heavy (non-hydrogen) atoms. The van der Waals surface area contributed by atoms with Gasteiger partial charge in [0.25, 0.3) is 0 Å². The Bertz CT molecular complexity index is 1220. The second-order valence-electron chi connectivity index (χ2n) is 19.8. The molecule has 0 atom stereocenters. The normalized spacial score (nSPS) is 28.7. The Morgan fingerprint density at radius 1 is 0.345 bits per heavy atom. The van der Waals surface area contributed by atoms with Crippen molar-refractivity contribution < 1.29 is 0 Å². The summed E-state index contributed by atoms with van der Waals surface area (Å²) in [4.78, 5) is 9.34. The van der Waals surface area contributed by atoms with Gasteiger partial charge in [0.2, 0.25) is 0 Å². The topological polar surface area (TPSA) is 25.8 Å². The van der Waals surface area contributed by atoms with Crippen molar-refractivity contribution in [1.29, 1.82) is 0 Å². The van der Waals surface area contributed by atoms with Crippen LogP contribution in [0, 0.1) is 47.3 Å². The largest absolute Gasteiger partial charge is 0.261 e. The lowest BCUT2D eigenvalue weighted by atomic mass is 9.74. The predicted molar refractivity (Wildman–Crippen MR) is 239 cm³/mol. The first-order valence-electron chi connectivity index (χ1n) is 24.9. The van der Waals surface area contributed by atoms with E-state index in [2.05, 4.69) is 69.3 Å². The van der Waals surface area contributed by atoms with Gasteiger partial charge in [0.15, 0.2) is 0 Å². The molecule has 4 aliphatic carbocycles. The smallest absolute Gasteiger partial charge is 0.0403 e. The van der Waals surface area contributed by atoms with Gasteiger partial charge >= 0.3 is 0 Å². The van der Waals surface area contributed by atoms with Crippen molar-refractivity contribution >= 4 is 0 Å². The zero-order chi connectivity index (χ0) is 38.5. The molecule has 2 aromatic heterocycles. The van der Waals surface area contributed by atoms with Gasteiger partial charge < -0.3 is 0 Å². The minimum Gasteiger partial charge on any atom is -0.261 e. The first-order chi connectivity index (χ1) is 27.0. The van der Waals surface area contributed by atoms with E-state index in [1.165, 1.54) is 209 Å². The number of pyridine rings is 2. The van der Waals surface area contributed by atoms with Crippen LogP contribution >= 0.6 is 0 Å². The summed E-state index contributed by atoms with van der Waals surface area (Å²) in [6.07, 6.45) is 48.7. The standard InChI is InChI=1S/C27H45N.C26H43N/c1-3-5-22-7-9-23(10-8-22)11-12-24-13-15-25(16-14-24)17-19-27-20-18-26(6-4-2)21-28-27;1-3-5-22-6-8-23(9-7-22)10-11-24-12-14-25(15-13-24)17-19-26-18-16-21(4-2)20-27-26/h18,20-25H,3-17,19H2,1-2H3;16,18,20,22-25H,3-15,17,19H2,1-2H3/t2*22-,23-,24-,25-. The number of hydrogen-bond donors (Lipinski definition) is 0. The van der Waals surface area contributed by atoms with Crippen LogP contribution in [0.1, 0.15) is 224 Å². The van der Waals surface area contributed by atoms with Gasteiger partial charge in [0.05, 0.1) is 0 Å². The van der Waals surface area contributed by atoms with E-state index in [-0.39, 0.29) is 0 Å². The van der Waals surface area contributed by atoms with Crippen molar-refractivity contribution in [3.05, 3.63) is 59.2 Å². The van der Waals surface area contributed by atoms with E-state index < -0.39 is 0 Å². The molecule has 0 aromatic carbocycles. The van der Waals surface area contributed by atoms with Gasteiger partial charge in [-0.05, 0) is 109 Å². The van der Waals surface area contributed by atoms with E-state index in [1.54, 1.807) is 0 Å². The highest BCUT2D eigenvalue weighted by Gasteiger charge is 2.26. The van der Waals surface area contributed by atoms with Crippen LogP contribution in [0.2, 0.25) is 0 Å². The molecule has 4 aliphatic rings. The highest BCUT2D eigenvalue weighted by Crippen LogP contribution is 2.40. The maximum absolute atomic E-state index is 4.69. The number of aryl methyl sites for hydroxylation is 4. The molecule has 2 heterocycles. The minimum atomic E-state index is 0.956. The SMILES string of the molecule is CCC[C@H]1CC[C@H](CC[C@H]2CC[C@H](CCc3ccc(CC)cn3)CC2)CC1.CCCc1ccc(CC[C@H]2CC[C@H](CC[C@H]3CC[C@H](CCC)CC3)CC2)nc1. The summed E-state index contributed by atoms with van der Waals surface area (Å²) < 4.78 is 0. The fourth-order valence-electron chi connectivity index (χ4n) is 11.6. The maximum Gasteiger partial charge on any atom is 0.0403 e. The highest BCUT2D eigenvalue weighted by molar-refractivity contribution is 5.15. The average Bonchev–Trinajstić information content (AvgIpc) is 3.24. The summed E-state index contributed by atoms with van der Waals surface area (Å²) >= 11 is 0. The maximum atomic E-state index is 4.69.